The van der Waals surface area contributed by atoms with Crippen molar-refractivity contribution in [2.24, 2.45) is 4.99 Å². The van der Waals surface area contributed by atoms with Crippen molar-refractivity contribution < 1.29 is 9.47 Å². The van der Waals surface area contributed by atoms with E-state index < -0.39 is 0 Å². The second-order valence-electron chi connectivity index (χ2n) is 5.69. The first-order chi connectivity index (χ1) is 11.3. The lowest BCUT2D eigenvalue weighted by molar-refractivity contribution is 0.0420. The number of hydrogen-bond acceptors (Lipinski definition) is 4. The third-order valence-electron chi connectivity index (χ3n) is 3.90. The van der Waals surface area contributed by atoms with Crippen molar-refractivity contribution in [2.45, 2.75) is 32.3 Å². The molecule has 1 saturated heterocycles. The molecule has 0 spiro atoms. The van der Waals surface area contributed by atoms with E-state index in [-0.39, 0.29) is 6.10 Å². The van der Waals surface area contributed by atoms with Gasteiger partial charge in [0.1, 0.15) is 0 Å². The topological polar surface area (TPSA) is 67.8 Å². The first-order valence-electron chi connectivity index (χ1n) is 8.33. The number of rotatable bonds is 8. The van der Waals surface area contributed by atoms with Crippen LogP contribution in [0.3, 0.4) is 0 Å². The Labute approximate surface area is 138 Å². The Morgan fingerprint density at radius 3 is 3.04 bits per heavy atom. The van der Waals surface area contributed by atoms with E-state index in [2.05, 4.69) is 33.6 Å². The second-order valence-corrected chi connectivity index (χ2v) is 5.69. The number of ether oxygens (including phenoxy) is 2. The average Bonchev–Trinajstić information content (AvgIpc) is 3.08. The molecule has 0 bridgehead atoms. The van der Waals surface area contributed by atoms with Crippen LogP contribution in [0.15, 0.2) is 23.5 Å². The Kier molecular flexibility index (Phi) is 7.83. The molecule has 6 nitrogen and oxygen atoms in total. The second kappa shape index (κ2) is 10.2. The van der Waals surface area contributed by atoms with E-state index in [1.165, 1.54) is 11.1 Å². The average molecular weight is 320 g/mol. The highest BCUT2D eigenvalue weighted by Crippen LogP contribution is 2.08. The molecule has 1 aliphatic rings. The van der Waals surface area contributed by atoms with Crippen LogP contribution in [-0.4, -0.2) is 57.0 Å². The maximum absolute atomic E-state index is 5.74. The first kappa shape index (κ1) is 17.7. The number of nitrogens with zero attached hydrogens (tertiary/aromatic N) is 2. The van der Waals surface area contributed by atoms with Crippen LogP contribution in [0.25, 0.3) is 0 Å². The quantitative estimate of drug-likeness (QED) is 0.429. The van der Waals surface area contributed by atoms with Crippen LogP contribution in [0.4, 0.5) is 0 Å². The summed E-state index contributed by atoms with van der Waals surface area (Å²) in [5.74, 6) is 0.834. The number of aliphatic imine (C=N–C) groups is 1. The number of guanidine groups is 1. The van der Waals surface area contributed by atoms with Gasteiger partial charge in [-0.05, 0) is 43.4 Å². The standard InChI is InChI=1S/C17H28N4O2/c1-14-12-19-8-4-15(14)5-9-21-17(18-2)20-7-3-10-23-16-6-11-22-13-16/h4,8,12,16H,3,5-7,9-11,13H2,1-2H3,(H2,18,20,21). The zero-order valence-corrected chi connectivity index (χ0v) is 14.2. The van der Waals surface area contributed by atoms with Crippen LogP contribution < -0.4 is 10.6 Å². The lowest BCUT2D eigenvalue weighted by atomic mass is 10.1. The number of nitrogens with one attached hydrogen (secondary N) is 2. The molecule has 0 radical (unpaired) electrons. The van der Waals surface area contributed by atoms with Crippen LogP contribution in [0, 0.1) is 6.92 Å². The molecule has 2 rings (SSSR count). The Morgan fingerprint density at radius 1 is 1.43 bits per heavy atom. The molecule has 128 valence electrons. The summed E-state index contributed by atoms with van der Waals surface area (Å²) < 4.78 is 11.0. The van der Waals surface area contributed by atoms with Crippen molar-refractivity contribution in [2.75, 3.05) is 40.0 Å². The molecule has 0 saturated carbocycles. The fourth-order valence-corrected chi connectivity index (χ4v) is 2.49. The van der Waals surface area contributed by atoms with Gasteiger partial charge in [0.2, 0.25) is 0 Å². The van der Waals surface area contributed by atoms with E-state index >= 15 is 0 Å². The zero-order valence-electron chi connectivity index (χ0n) is 14.2. The van der Waals surface area contributed by atoms with Crippen molar-refractivity contribution in [1.29, 1.82) is 0 Å². The SMILES string of the molecule is CN=C(NCCCOC1CCOC1)NCCc1ccncc1C. The Bertz CT molecular complexity index is 487. The smallest absolute Gasteiger partial charge is 0.190 e. The molecule has 1 aromatic heterocycles. The molecule has 1 unspecified atom stereocenters. The highest BCUT2D eigenvalue weighted by molar-refractivity contribution is 5.79. The number of hydrogen-bond donors (Lipinski definition) is 2. The highest BCUT2D eigenvalue weighted by atomic mass is 16.5. The summed E-state index contributed by atoms with van der Waals surface area (Å²) in [5, 5.41) is 6.65. The molecule has 2 N–H and O–H groups in total. The van der Waals surface area contributed by atoms with Crippen molar-refractivity contribution in [3.8, 4) is 0 Å². The summed E-state index contributed by atoms with van der Waals surface area (Å²) in [5.41, 5.74) is 2.54. The monoisotopic (exact) mass is 320 g/mol. The largest absolute Gasteiger partial charge is 0.379 e. The Hall–Kier alpha value is -1.66. The van der Waals surface area contributed by atoms with E-state index in [0.29, 0.717) is 0 Å². The fraction of sp³-hybridized carbons (Fsp3) is 0.647. The maximum Gasteiger partial charge on any atom is 0.190 e. The third-order valence-corrected chi connectivity index (χ3v) is 3.90. The molecule has 0 aliphatic carbocycles. The lowest BCUT2D eigenvalue weighted by Gasteiger charge is -2.13. The molecule has 1 atom stereocenters. The van der Waals surface area contributed by atoms with Crippen LogP contribution in [0.1, 0.15) is 24.0 Å². The summed E-state index contributed by atoms with van der Waals surface area (Å²) in [6.07, 6.45) is 6.96. The number of aryl methyl sites for hydroxylation is 1. The Balaban J connectivity index is 1.55. The first-order valence-corrected chi connectivity index (χ1v) is 8.33. The van der Waals surface area contributed by atoms with Crippen LogP contribution in [0.2, 0.25) is 0 Å². The molecular weight excluding hydrogens is 292 g/mol. The molecular formula is C17H28N4O2. The van der Waals surface area contributed by atoms with Crippen molar-refractivity contribution in [1.82, 2.24) is 15.6 Å². The maximum atomic E-state index is 5.74. The summed E-state index contributed by atoms with van der Waals surface area (Å²) in [6.45, 7) is 6.11. The fourth-order valence-electron chi connectivity index (χ4n) is 2.49. The molecule has 1 aliphatic heterocycles. The lowest BCUT2D eigenvalue weighted by Crippen LogP contribution is -2.39. The Morgan fingerprint density at radius 2 is 2.30 bits per heavy atom. The van der Waals surface area contributed by atoms with Gasteiger partial charge in [0, 0.05) is 45.7 Å². The zero-order chi connectivity index (χ0) is 16.3. The predicted molar refractivity (Wildman–Crippen MR) is 91.8 cm³/mol. The van der Waals surface area contributed by atoms with E-state index in [4.69, 9.17) is 9.47 Å². The molecule has 0 aromatic carbocycles. The summed E-state index contributed by atoms with van der Waals surface area (Å²) in [4.78, 5) is 8.35. The molecule has 0 amide bonds. The van der Waals surface area contributed by atoms with Gasteiger partial charge in [0.15, 0.2) is 5.96 Å². The van der Waals surface area contributed by atoms with Crippen molar-refractivity contribution in [3.05, 3.63) is 29.6 Å². The van der Waals surface area contributed by atoms with Crippen molar-refractivity contribution >= 4 is 5.96 Å². The highest BCUT2D eigenvalue weighted by Gasteiger charge is 2.15. The van der Waals surface area contributed by atoms with E-state index in [0.717, 1.165) is 58.1 Å². The van der Waals surface area contributed by atoms with Gasteiger partial charge >= 0.3 is 0 Å². The van der Waals surface area contributed by atoms with Gasteiger partial charge in [-0.3, -0.25) is 9.98 Å². The van der Waals surface area contributed by atoms with Gasteiger partial charge < -0.3 is 20.1 Å². The normalized spacial score (nSPS) is 18.2. The number of aromatic nitrogens is 1. The van der Waals surface area contributed by atoms with Gasteiger partial charge in [-0.1, -0.05) is 0 Å². The van der Waals surface area contributed by atoms with Gasteiger partial charge in [-0.25, -0.2) is 0 Å². The van der Waals surface area contributed by atoms with Crippen LogP contribution in [0.5, 0.6) is 0 Å². The minimum atomic E-state index is 0.288. The van der Waals surface area contributed by atoms with E-state index in [1.54, 1.807) is 7.05 Å². The molecule has 1 aromatic rings. The number of pyridine rings is 1. The molecule has 1 fully saturated rings. The summed E-state index contributed by atoms with van der Waals surface area (Å²) >= 11 is 0. The molecule has 6 heteroatoms. The summed E-state index contributed by atoms with van der Waals surface area (Å²) in [6, 6.07) is 2.07. The van der Waals surface area contributed by atoms with Gasteiger partial charge in [-0.15, -0.1) is 0 Å². The van der Waals surface area contributed by atoms with E-state index in [9.17, 15) is 0 Å². The minimum Gasteiger partial charge on any atom is -0.379 e. The van der Waals surface area contributed by atoms with Gasteiger partial charge in [-0.2, -0.15) is 0 Å². The predicted octanol–water partition coefficient (Wildman–Crippen LogP) is 1.29. The minimum absolute atomic E-state index is 0.288. The third kappa shape index (κ3) is 6.54. The van der Waals surface area contributed by atoms with Gasteiger partial charge in [0.25, 0.3) is 0 Å². The van der Waals surface area contributed by atoms with Gasteiger partial charge in [0.05, 0.1) is 12.7 Å². The van der Waals surface area contributed by atoms with Crippen molar-refractivity contribution in [3.63, 3.8) is 0 Å². The summed E-state index contributed by atoms with van der Waals surface area (Å²) in [7, 11) is 1.79. The van der Waals surface area contributed by atoms with Crippen LogP contribution in [-0.2, 0) is 15.9 Å². The molecule has 23 heavy (non-hydrogen) atoms. The molecule has 2 heterocycles. The van der Waals surface area contributed by atoms with Crippen LogP contribution >= 0.6 is 0 Å². The van der Waals surface area contributed by atoms with E-state index in [1.807, 2.05) is 12.4 Å².